The maximum atomic E-state index is 11.7. The Morgan fingerprint density at radius 2 is 0.865 bits per heavy atom. The highest BCUT2D eigenvalue weighted by molar-refractivity contribution is 14.1. The van der Waals surface area contributed by atoms with Crippen molar-refractivity contribution >= 4 is 28.6 Å². The fraction of sp³-hybridized carbons (Fsp3) is 0.741. The standard InChI is InChI=1S/C27H45IO9/c28-10-6-1-2-7-11-30-12-13-31-14-15-32-16-17-33-18-19-34-20-21-35-22-23-36-24-25-37-27(29)26-8-4-3-5-9-26/h3-5,8-9H,1-2,6-7,10-25H2. The number of hydrogen-bond donors (Lipinski definition) is 0. The van der Waals surface area contributed by atoms with Crippen LogP contribution in [0.4, 0.5) is 0 Å². The second-order valence-corrected chi connectivity index (χ2v) is 8.97. The van der Waals surface area contributed by atoms with E-state index in [1.165, 1.54) is 23.7 Å². The molecule has 0 bridgehead atoms. The summed E-state index contributed by atoms with van der Waals surface area (Å²) in [7, 11) is 0. The molecule has 37 heavy (non-hydrogen) atoms. The molecule has 0 fully saturated rings. The number of hydrogen-bond acceptors (Lipinski definition) is 9. The van der Waals surface area contributed by atoms with Crippen LogP contribution in [-0.4, -0.2) is 110 Å². The van der Waals surface area contributed by atoms with E-state index in [0.29, 0.717) is 91.5 Å². The van der Waals surface area contributed by atoms with Crippen molar-refractivity contribution in [3.05, 3.63) is 35.9 Å². The summed E-state index contributed by atoms with van der Waals surface area (Å²) in [5, 5.41) is 0. The van der Waals surface area contributed by atoms with Crippen LogP contribution in [-0.2, 0) is 37.9 Å². The zero-order valence-electron chi connectivity index (χ0n) is 22.1. The van der Waals surface area contributed by atoms with Crippen LogP contribution in [0.25, 0.3) is 0 Å². The molecule has 0 aliphatic carbocycles. The lowest BCUT2D eigenvalue weighted by molar-refractivity contribution is -0.0223. The van der Waals surface area contributed by atoms with Crippen molar-refractivity contribution in [1.82, 2.24) is 0 Å². The van der Waals surface area contributed by atoms with Crippen LogP contribution >= 0.6 is 22.6 Å². The Balaban J connectivity index is 1.66. The first-order valence-electron chi connectivity index (χ1n) is 13.2. The lowest BCUT2D eigenvalue weighted by Gasteiger charge is -2.09. The summed E-state index contributed by atoms with van der Waals surface area (Å²) in [5.74, 6) is -0.348. The Labute approximate surface area is 235 Å². The molecule has 1 aromatic carbocycles. The van der Waals surface area contributed by atoms with Gasteiger partial charge in [-0.1, -0.05) is 53.6 Å². The predicted octanol–water partition coefficient (Wildman–Crippen LogP) is 3.96. The number of halogens is 1. The third-order valence-electron chi connectivity index (χ3n) is 4.87. The second-order valence-electron chi connectivity index (χ2n) is 7.89. The molecule has 10 heteroatoms. The Morgan fingerprint density at radius 1 is 0.486 bits per heavy atom. The molecule has 0 heterocycles. The summed E-state index contributed by atoms with van der Waals surface area (Å²) in [6.07, 6.45) is 4.97. The van der Waals surface area contributed by atoms with Crippen LogP contribution in [0.1, 0.15) is 36.0 Å². The van der Waals surface area contributed by atoms with Gasteiger partial charge in [0.05, 0.1) is 91.5 Å². The molecule has 9 nitrogen and oxygen atoms in total. The summed E-state index contributed by atoms with van der Waals surface area (Å²) in [4.78, 5) is 11.7. The number of unbranched alkanes of at least 4 members (excludes halogenated alkanes) is 3. The van der Waals surface area contributed by atoms with Crippen molar-refractivity contribution in [1.29, 1.82) is 0 Å². The zero-order chi connectivity index (χ0) is 26.5. The van der Waals surface area contributed by atoms with Crippen LogP contribution in [0, 0.1) is 0 Å². The third-order valence-corrected chi connectivity index (χ3v) is 5.64. The molecular weight excluding hydrogens is 595 g/mol. The molecule has 1 rings (SSSR count). The van der Waals surface area contributed by atoms with Gasteiger partial charge in [-0.15, -0.1) is 0 Å². The molecule has 0 aliphatic heterocycles. The van der Waals surface area contributed by atoms with E-state index in [0.717, 1.165) is 13.0 Å². The average Bonchev–Trinajstić information content (AvgIpc) is 2.93. The molecule has 0 saturated heterocycles. The number of rotatable bonds is 28. The SMILES string of the molecule is O=C(OCCOCCOCCOCCOCCOCCOCCOCCCCCCI)c1ccccc1. The van der Waals surface area contributed by atoms with Gasteiger partial charge in [0.25, 0.3) is 0 Å². The highest BCUT2D eigenvalue weighted by Gasteiger charge is 2.05. The first-order valence-corrected chi connectivity index (χ1v) is 14.7. The van der Waals surface area contributed by atoms with Gasteiger partial charge < -0.3 is 37.9 Å². The van der Waals surface area contributed by atoms with Crippen LogP contribution < -0.4 is 0 Å². The van der Waals surface area contributed by atoms with E-state index in [1.54, 1.807) is 24.3 Å². The van der Waals surface area contributed by atoms with Crippen LogP contribution in [0.2, 0.25) is 0 Å². The molecule has 0 spiro atoms. The zero-order valence-corrected chi connectivity index (χ0v) is 24.2. The highest BCUT2D eigenvalue weighted by Crippen LogP contribution is 2.02. The summed E-state index contributed by atoms with van der Waals surface area (Å²) < 4.78 is 44.6. The van der Waals surface area contributed by atoms with Gasteiger partial charge in [-0.25, -0.2) is 4.79 Å². The van der Waals surface area contributed by atoms with E-state index in [4.69, 9.17) is 37.9 Å². The summed E-state index contributed by atoms with van der Waals surface area (Å²) in [6.45, 7) is 7.68. The van der Waals surface area contributed by atoms with Gasteiger partial charge in [0.15, 0.2) is 0 Å². The molecule has 0 radical (unpaired) electrons. The first-order chi connectivity index (χ1) is 18.3. The predicted molar refractivity (Wildman–Crippen MR) is 150 cm³/mol. The minimum atomic E-state index is -0.348. The normalized spacial score (nSPS) is 11.2. The average molecular weight is 641 g/mol. The minimum Gasteiger partial charge on any atom is -0.460 e. The lowest BCUT2D eigenvalue weighted by atomic mass is 10.2. The Kier molecular flexibility index (Phi) is 26.0. The lowest BCUT2D eigenvalue weighted by Crippen LogP contribution is -2.15. The Bertz CT molecular complexity index is 607. The quantitative estimate of drug-likeness (QED) is 0.0585. The van der Waals surface area contributed by atoms with Crippen molar-refractivity contribution in [2.24, 2.45) is 0 Å². The molecule has 214 valence electrons. The Morgan fingerprint density at radius 3 is 1.30 bits per heavy atom. The monoisotopic (exact) mass is 640 g/mol. The Hall–Kier alpha value is -0.860. The maximum Gasteiger partial charge on any atom is 0.338 e. The van der Waals surface area contributed by atoms with Crippen molar-refractivity contribution in [3.8, 4) is 0 Å². The first kappa shape index (κ1) is 34.2. The molecule has 0 amide bonds. The van der Waals surface area contributed by atoms with Crippen molar-refractivity contribution in [2.45, 2.75) is 25.7 Å². The summed E-state index contributed by atoms with van der Waals surface area (Å²) >= 11 is 2.42. The van der Waals surface area contributed by atoms with E-state index in [2.05, 4.69) is 22.6 Å². The molecule has 0 aromatic heterocycles. The smallest absolute Gasteiger partial charge is 0.338 e. The number of ether oxygens (including phenoxy) is 8. The van der Waals surface area contributed by atoms with Gasteiger partial charge in [-0.05, 0) is 29.4 Å². The largest absolute Gasteiger partial charge is 0.460 e. The van der Waals surface area contributed by atoms with Crippen LogP contribution in [0.15, 0.2) is 30.3 Å². The minimum absolute atomic E-state index is 0.213. The van der Waals surface area contributed by atoms with E-state index < -0.39 is 0 Å². The van der Waals surface area contributed by atoms with Gasteiger partial charge in [-0.3, -0.25) is 0 Å². The van der Waals surface area contributed by atoms with E-state index in [1.807, 2.05) is 6.07 Å². The third kappa shape index (κ3) is 24.0. The molecule has 0 saturated carbocycles. The van der Waals surface area contributed by atoms with Gasteiger partial charge in [0.1, 0.15) is 6.61 Å². The van der Waals surface area contributed by atoms with E-state index >= 15 is 0 Å². The molecule has 0 atom stereocenters. The van der Waals surface area contributed by atoms with Gasteiger partial charge in [0, 0.05) is 6.61 Å². The highest BCUT2D eigenvalue weighted by atomic mass is 127. The molecule has 0 aliphatic rings. The van der Waals surface area contributed by atoms with Crippen LogP contribution in [0.5, 0.6) is 0 Å². The summed E-state index contributed by atoms with van der Waals surface area (Å²) in [6, 6.07) is 8.87. The van der Waals surface area contributed by atoms with Crippen molar-refractivity contribution < 1.29 is 42.7 Å². The summed E-state index contributed by atoms with van der Waals surface area (Å²) in [5.41, 5.74) is 0.533. The molecule has 0 N–H and O–H groups in total. The number of esters is 1. The van der Waals surface area contributed by atoms with E-state index in [-0.39, 0.29) is 12.6 Å². The van der Waals surface area contributed by atoms with Crippen LogP contribution in [0.3, 0.4) is 0 Å². The molecular formula is C27H45IO9. The number of carbonyl (C=O) groups is 1. The van der Waals surface area contributed by atoms with Gasteiger partial charge in [0.2, 0.25) is 0 Å². The molecule has 0 unspecified atom stereocenters. The van der Waals surface area contributed by atoms with E-state index in [9.17, 15) is 4.79 Å². The van der Waals surface area contributed by atoms with Crippen molar-refractivity contribution in [2.75, 3.05) is 104 Å². The fourth-order valence-corrected chi connectivity index (χ4v) is 3.46. The number of alkyl halides is 1. The second kappa shape index (κ2) is 28.2. The van der Waals surface area contributed by atoms with Gasteiger partial charge in [-0.2, -0.15) is 0 Å². The fourth-order valence-electron chi connectivity index (χ4n) is 2.92. The number of carbonyl (C=O) groups excluding carboxylic acids is 1. The molecule has 1 aromatic rings. The van der Waals surface area contributed by atoms with Gasteiger partial charge >= 0.3 is 5.97 Å². The number of benzene rings is 1. The maximum absolute atomic E-state index is 11.7. The van der Waals surface area contributed by atoms with Crippen molar-refractivity contribution in [3.63, 3.8) is 0 Å². The topological polar surface area (TPSA) is 90.9 Å².